The second-order valence-corrected chi connectivity index (χ2v) is 4.74. The van der Waals surface area contributed by atoms with Crippen LogP contribution in [0.2, 0.25) is 0 Å². The van der Waals surface area contributed by atoms with E-state index in [2.05, 4.69) is 26.1 Å². The van der Waals surface area contributed by atoms with Gasteiger partial charge in [0, 0.05) is 6.04 Å². The molecule has 1 aromatic carbocycles. The molecule has 3 N–H and O–H groups in total. The molecule has 1 amide bonds. The number of benzene rings is 1. The SMILES string of the molecule is CC(C)C(C)Nc1ccccc1OCCC(N)=O. The van der Waals surface area contributed by atoms with Gasteiger partial charge in [0.05, 0.1) is 18.7 Å². The van der Waals surface area contributed by atoms with Crippen molar-refractivity contribution in [3.63, 3.8) is 0 Å². The Hall–Kier alpha value is -1.71. The Labute approximate surface area is 109 Å². The van der Waals surface area contributed by atoms with Gasteiger partial charge in [-0.15, -0.1) is 0 Å². The van der Waals surface area contributed by atoms with E-state index in [-0.39, 0.29) is 12.3 Å². The summed E-state index contributed by atoms with van der Waals surface area (Å²) in [4.78, 5) is 10.7. The third-order valence-corrected chi connectivity index (χ3v) is 2.88. The number of primary amides is 1. The molecule has 4 nitrogen and oxygen atoms in total. The number of anilines is 1. The molecule has 1 aromatic rings. The van der Waals surface area contributed by atoms with Gasteiger partial charge >= 0.3 is 0 Å². The van der Waals surface area contributed by atoms with Crippen molar-refractivity contribution in [1.82, 2.24) is 0 Å². The van der Waals surface area contributed by atoms with Crippen LogP contribution in [0.25, 0.3) is 0 Å². The van der Waals surface area contributed by atoms with E-state index in [0.717, 1.165) is 11.4 Å². The molecule has 18 heavy (non-hydrogen) atoms. The lowest BCUT2D eigenvalue weighted by Crippen LogP contribution is -2.22. The number of nitrogens with two attached hydrogens (primary N) is 1. The molecule has 1 atom stereocenters. The first-order valence-corrected chi connectivity index (χ1v) is 6.27. The van der Waals surface area contributed by atoms with Gasteiger partial charge in [-0.2, -0.15) is 0 Å². The maximum absolute atomic E-state index is 10.7. The highest BCUT2D eigenvalue weighted by atomic mass is 16.5. The number of carbonyl (C=O) groups excluding carboxylic acids is 1. The molecule has 0 saturated heterocycles. The summed E-state index contributed by atoms with van der Waals surface area (Å²) in [6.07, 6.45) is 0.230. The normalized spacial score (nSPS) is 12.2. The molecule has 0 aliphatic heterocycles. The molecule has 0 radical (unpaired) electrons. The molecule has 0 saturated carbocycles. The second-order valence-electron chi connectivity index (χ2n) is 4.74. The summed E-state index contributed by atoms with van der Waals surface area (Å²) in [5, 5.41) is 3.41. The molecule has 4 heteroatoms. The predicted octanol–water partition coefficient (Wildman–Crippen LogP) is 2.40. The van der Waals surface area contributed by atoms with Gasteiger partial charge in [-0.05, 0) is 25.0 Å². The minimum absolute atomic E-state index is 0.230. The lowest BCUT2D eigenvalue weighted by atomic mass is 10.1. The van der Waals surface area contributed by atoms with Crippen LogP contribution in [0, 0.1) is 5.92 Å². The molecular weight excluding hydrogens is 228 g/mol. The summed E-state index contributed by atoms with van der Waals surface area (Å²) in [6, 6.07) is 8.07. The van der Waals surface area contributed by atoms with Gasteiger partial charge in [-0.25, -0.2) is 0 Å². The highest BCUT2D eigenvalue weighted by Crippen LogP contribution is 2.25. The van der Waals surface area contributed by atoms with E-state index >= 15 is 0 Å². The number of ether oxygens (including phenoxy) is 1. The summed E-state index contributed by atoms with van der Waals surface area (Å²) in [7, 11) is 0. The summed E-state index contributed by atoms with van der Waals surface area (Å²) < 4.78 is 5.57. The first-order chi connectivity index (χ1) is 8.50. The maximum Gasteiger partial charge on any atom is 0.220 e. The van der Waals surface area contributed by atoms with Crippen molar-refractivity contribution < 1.29 is 9.53 Å². The molecule has 0 aliphatic rings. The summed E-state index contributed by atoms with van der Waals surface area (Å²) in [6.45, 7) is 6.76. The molecule has 0 heterocycles. The van der Waals surface area contributed by atoms with Gasteiger partial charge < -0.3 is 15.8 Å². The smallest absolute Gasteiger partial charge is 0.220 e. The van der Waals surface area contributed by atoms with Gasteiger partial charge in [-0.3, -0.25) is 4.79 Å². The van der Waals surface area contributed by atoms with E-state index in [0.29, 0.717) is 18.6 Å². The zero-order valence-corrected chi connectivity index (χ0v) is 11.3. The van der Waals surface area contributed by atoms with Crippen molar-refractivity contribution in [2.24, 2.45) is 11.7 Å². The summed E-state index contributed by atoms with van der Waals surface area (Å²) in [5.74, 6) is 0.936. The van der Waals surface area contributed by atoms with Crippen molar-refractivity contribution in [3.05, 3.63) is 24.3 Å². The molecule has 100 valence electrons. The average Bonchev–Trinajstić information content (AvgIpc) is 2.30. The van der Waals surface area contributed by atoms with Crippen molar-refractivity contribution in [3.8, 4) is 5.75 Å². The lowest BCUT2D eigenvalue weighted by molar-refractivity contribution is -0.118. The minimum atomic E-state index is -0.351. The standard InChI is InChI=1S/C14H22N2O2/c1-10(2)11(3)16-12-6-4-5-7-13(12)18-9-8-14(15)17/h4-7,10-11,16H,8-9H2,1-3H3,(H2,15,17). The molecular formula is C14H22N2O2. The zero-order valence-electron chi connectivity index (χ0n) is 11.3. The van der Waals surface area contributed by atoms with Gasteiger partial charge in [0.2, 0.25) is 5.91 Å². The Bertz CT molecular complexity index is 391. The molecule has 1 rings (SSSR count). The molecule has 0 aromatic heterocycles. The molecule has 0 fully saturated rings. The van der Waals surface area contributed by atoms with Crippen LogP contribution < -0.4 is 15.8 Å². The largest absolute Gasteiger partial charge is 0.491 e. The van der Waals surface area contributed by atoms with Crippen LogP contribution >= 0.6 is 0 Å². The van der Waals surface area contributed by atoms with E-state index in [1.807, 2.05) is 24.3 Å². The first kappa shape index (κ1) is 14.4. The second kappa shape index (κ2) is 6.89. The van der Waals surface area contributed by atoms with Crippen molar-refractivity contribution in [2.45, 2.75) is 33.2 Å². The quantitative estimate of drug-likeness (QED) is 0.781. The summed E-state index contributed by atoms with van der Waals surface area (Å²) in [5.41, 5.74) is 6.03. The molecule has 0 spiro atoms. The fourth-order valence-corrected chi connectivity index (χ4v) is 1.39. The number of para-hydroxylation sites is 2. The van der Waals surface area contributed by atoms with Gasteiger partial charge in [0.15, 0.2) is 0 Å². The van der Waals surface area contributed by atoms with Gasteiger partial charge in [0.1, 0.15) is 5.75 Å². The van der Waals surface area contributed by atoms with Crippen LogP contribution in [0.3, 0.4) is 0 Å². The van der Waals surface area contributed by atoms with Crippen LogP contribution in [-0.2, 0) is 4.79 Å². The summed E-state index contributed by atoms with van der Waals surface area (Å²) >= 11 is 0. The fraction of sp³-hybridized carbons (Fsp3) is 0.500. The topological polar surface area (TPSA) is 64.3 Å². The Kier molecular flexibility index (Phi) is 5.49. The molecule has 0 aliphatic carbocycles. The number of hydrogen-bond donors (Lipinski definition) is 2. The van der Waals surface area contributed by atoms with Crippen molar-refractivity contribution in [2.75, 3.05) is 11.9 Å². The number of nitrogens with one attached hydrogen (secondary N) is 1. The Morgan fingerprint density at radius 1 is 1.33 bits per heavy atom. The van der Waals surface area contributed by atoms with E-state index in [1.54, 1.807) is 0 Å². The third kappa shape index (κ3) is 4.65. The van der Waals surface area contributed by atoms with Crippen LogP contribution in [0.15, 0.2) is 24.3 Å². The van der Waals surface area contributed by atoms with Crippen LogP contribution in [0.1, 0.15) is 27.2 Å². The fourth-order valence-electron chi connectivity index (χ4n) is 1.39. The van der Waals surface area contributed by atoms with E-state index < -0.39 is 0 Å². The van der Waals surface area contributed by atoms with Crippen LogP contribution in [0.5, 0.6) is 5.75 Å². The maximum atomic E-state index is 10.7. The van der Waals surface area contributed by atoms with Crippen molar-refractivity contribution >= 4 is 11.6 Å². The zero-order chi connectivity index (χ0) is 13.5. The first-order valence-electron chi connectivity index (χ1n) is 6.27. The Morgan fingerprint density at radius 2 is 2.00 bits per heavy atom. The number of carbonyl (C=O) groups is 1. The van der Waals surface area contributed by atoms with Crippen LogP contribution in [-0.4, -0.2) is 18.6 Å². The molecule has 0 bridgehead atoms. The Balaban J connectivity index is 2.64. The lowest BCUT2D eigenvalue weighted by Gasteiger charge is -2.21. The van der Waals surface area contributed by atoms with Gasteiger partial charge in [-0.1, -0.05) is 26.0 Å². The number of rotatable bonds is 7. The highest BCUT2D eigenvalue weighted by Gasteiger charge is 2.10. The third-order valence-electron chi connectivity index (χ3n) is 2.88. The van der Waals surface area contributed by atoms with Crippen molar-refractivity contribution in [1.29, 1.82) is 0 Å². The van der Waals surface area contributed by atoms with Gasteiger partial charge in [0.25, 0.3) is 0 Å². The Morgan fingerprint density at radius 3 is 2.61 bits per heavy atom. The molecule has 1 unspecified atom stereocenters. The van der Waals surface area contributed by atoms with E-state index in [1.165, 1.54) is 0 Å². The number of amides is 1. The van der Waals surface area contributed by atoms with Crippen LogP contribution in [0.4, 0.5) is 5.69 Å². The van der Waals surface area contributed by atoms with E-state index in [9.17, 15) is 4.79 Å². The highest BCUT2D eigenvalue weighted by molar-refractivity contribution is 5.73. The number of hydrogen-bond acceptors (Lipinski definition) is 3. The monoisotopic (exact) mass is 250 g/mol. The predicted molar refractivity (Wildman–Crippen MR) is 73.7 cm³/mol. The average molecular weight is 250 g/mol. The minimum Gasteiger partial charge on any atom is -0.491 e. The van der Waals surface area contributed by atoms with E-state index in [4.69, 9.17) is 10.5 Å².